The summed E-state index contributed by atoms with van der Waals surface area (Å²) in [4.78, 5) is 21.2. The van der Waals surface area contributed by atoms with Crippen molar-refractivity contribution >= 4 is 45.1 Å². The van der Waals surface area contributed by atoms with Crippen molar-refractivity contribution < 1.29 is 4.74 Å². The third kappa shape index (κ3) is 4.46. The van der Waals surface area contributed by atoms with Gasteiger partial charge in [0.1, 0.15) is 10.6 Å². The maximum Gasteiger partial charge on any atom is 0.267 e. The first-order chi connectivity index (χ1) is 15.8. The molecule has 1 aliphatic heterocycles. The highest BCUT2D eigenvalue weighted by Crippen LogP contribution is 2.44. The summed E-state index contributed by atoms with van der Waals surface area (Å²) in [5.74, 6) is 2.51. The fourth-order valence-electron chi connectivity index (χ4n) is 4.14. The molecule has 0 bridgehead atoms. The van der Waals surface area contributed by atoms with Crippen LogP contribution in [0.5, 0.6) is 5.75 Å². The van der Waals surface area contributed by atoms with Crippen molar-refractivity contribution in [3.05, 3.63) is 80.5 Å². The zero-order valence-electron chi connectivity index (χ0n) is 19.2. The summed E-state index contributed by atoms with van der Waals surface area (Å²) < 4.78 is 7.21. The molecule has 33 heavy (non-hydrogen) atoms. The molecule has 0 atom stereocenters. The van der Waals surface area contributed by atoms with Crippen molar-refractivity contribution in [2.24, 2.45) is 0 Å². The van der Waals surface area contributed by atoms with E-state index in [4.69, 9.17) is 9.72 Å². The zero-order valence-corrected chi connectivity index (χ0v) is 21.6. The summed E-state index contributed by atoms with van der Waals surface area (Å²) in [5, 5.41) is 1.54. The van der Waals surface area contributed by atoms with E-state index in [1.807, 2.05) is 40.6 Å². The number of fused-ring (bicyclic) bond motifs is 3. The number of thioether (sulfide) groups is 2. The molecule has 0 amide bonds. The van der Waals surface area contributed by atoms with E-state index in [-0.39, 0.29) is 10.3 Å². The minimum absolute atomic E-state index is 0.0445. The second-order valence-corrected chi connectivity index (χ2v) is 12.6. The average Bonchev–Trinajstić information content (AvgIpc) is 3.14. The van der Waals surface area contributed by atoms with E-state index in [0.717, 1.165) is 55.9 Å². The number of hydrogen-bond donors (Lipinski definition) is 0. The van der Waals surface area contributed by atoms with Gasteiger partial charge in [-0.3, -0.25) is 9.36 Å². The highest BCUT2D eigenvalue weighted by atomic mass is 32.2. The van der Waals surface area contributed by atoms with Gasteiger partial charge in [0.2, 0.25) is 0 Å². The zero-order chi connectivity index (χ0) is 23.2. The van der Waals surface area contributed by atoms with Gasteiger partial charge in [-0.2, -0.15) is 0 Å². The van der Waals surface area contributed by atoms with Crippen molar-refractivity contribution in [2.75, 3.05) is 7.11 Å². The number of hydrogen-bond acceptors (Lipinski definition) is 6. The average molecular weight is 495 g/mol. The standard InChI is InChI=1S/C26H26N2O2S3/c1-16-6-5-7-18(12-16)28-24(29)22-20-13-26(2,3)32-15-21(20)33-23(22)27-25(28)31-14-17-8-10-19(30-4)11-9-17/h5-12H,13-15H2,1-4H3. The predicted molar refractivity (Wildman–Crippen MR) is 142 cm³/mol. The molecule has 7 heteroatoms. The maximum absolute atomic E-state index is 14.0. The summed E-state index contributed by atoms with van der Waals surface area (Å²) in [5.41, 5.74) is 4.40. The van der Waals surface area contributed by atoms with Crippen LogP contribution in [0.3, 0.4) is 0 Å². The van der Waals surface area contributed by atoms with Crippen LogP contribution in [0.2, 0.25) is 0 Å². The Kier molecular flexibility index (Phi) is 6.05. The normalized spacial score (nSPS) is 14.9. The Morgan fingerprint density at radius 1 is 1.18 bits per heavy atom. The molecule has 2 aromatic carbocycles. The molecule has 0 fully saturated rings. The molecule has 2 aromatic heterocycles. The monoisotopic (exact) mass is 494 g/mol. The Labute approximate surface area is 206 Å². The second kappa shape index (κ2) is 8.85. The topological polar surface area (TPSA) is 44.1 Å². The van der Waals surface area contributed by atoms with Crippen LogP contribution in [0, 0.1) is 6.92 Å². The molecule has 3 heterocycles. The summed E-state index contributed by atoms with van der Waals surface area (Å²) in [6.45, 7) is 6.57. The number of aromatic nitrogens is 2. The number of nitrogens with zero attached hydrogens (tertiary/aromatic N) is 2. The molecule has 0 radical (unpaired) electrons. The third-order valence-corrected chi connectivity index (χ3v) is 9.54. The van der Waals surface area contributed by atoms with Crippen LogP contribution in [-0.2, 0) is 17.9 Å². The first-order valence-electron chi connectivity index (χ1n) is 10.9. The highest BCUT2D eigenvalue weighted by molar-refractivity contribution is 8.00. The number of rotatable bonds is 5. The molecule has 1 aliphatic rings. The Bertz CT molecular complexity index is 1390. The second-order valence-electron chi connectivity index (χ2n) is 8.92. The van der Waals surface area contributed by atoms with Gasteiger partial charge in [-0.15, -0.1) is 23.1 Å². The molecule has 0 saturated carbocycles. The molecule has 170 valence electrons. The van der Waals surface area contributed by atoms with E-state index in [1.54, 1.807) is 30.2 Å². The predicted octanol–water partition coefficient (Wildman–Crippen LogP) is 6.62. The lowest BCUT2D eigenvalue weighted by Crippen LogP contribution is -2.26. The van der Waals surface area contributed by atoms with Gasteiger partial charge in [0.05, 0.1) is 18.2 Å². The Morgan fingerprint density at radius 2 is 1.97 bits per heavy atom. The van der Waals surface area contributed by atoms with Crippen molar-refractivity contribution in [3.8, 4) is 11.4 Å². The van der Waals surface area contributed by atoms with Gasteiger partial charge in [0.15, 0.2) is 5.16 Å². The molecular weight excluding hydrogens is 468 g/mol. The Balaban J connectivity index is 1.64. The Morgan fingerprint density at radius 3 is 2.70 bits per heavy atom. The fraction of sp³-hybridized carbons (Fsp3) is 0.308. The van der Waals surface area contributed by atoms with E-state index < -0.39 is 0 Å². The molecule has 5 rings (SSSR count). The summed E-state index contributed by atoms with van der Waals surface area (Å²) in [7, 11) is 1.67. The van der Waals surface area contributed by atoms with Crippen LogP contribution in [-0.4, -0.2) is 21.4 Å². The van der Waals surface area contributed by atoms with Gasteiger partial charge in [-0.25, -0.2) is 4.98 Å². The van der Waals surface area contributed by atoms with Crippen LogP contribution < -0.4 is 10.3 Å². The minimum atomic E-state index is 0.0445. The van der Waals surface area contributed by atoms with E-state index in [1.165, 1.54) is 10.4 Å². The van der Waals surface area contributed by atoms with Gasteiger partial charge in [-0.05, 0) is 54.3 Å². The fourth-order valence-corrected chi connectivity index (χ4v) is 7.48. The van der Waals surface area contributed by atoms with E-state index >= 15 is 0 Å². The number of thiophene rings is 1. The molecule has 0 spiro atoms. The number of methoxy groups -OCH3 is 1. The third-order valence-electron chi connectivity index (χ3n) is 5.86. The van der Waals surface area contributed by atoms with E-state index in [2.05, 4.69) is 45.0 Å². The SMILES string of the molecule is COc1ccc(CSc2nc3sc4c(c3c(=O)n2-c2cccc(C)c2)CC(C)(C)SC4)cc1. The van der Waals surface area contributed by atoms with Crippen LogP contribution in [0.25, 0.3) is 15.9 Å². The molecule has 0 aliphatic carbocycles. The summed E-state index contributed by atoms with van der Waals surface area (Å²) in [6, 6.07) is 16.2. The van der Waals surface area contributed by atoms with Crippen LogP contribution in [0.4, 0.5) is 0 Å². The lowest BCUT2D eigenvalue weighted by atomic mass is 10.00. The Hall–Kier alpha value is -2.22. The van der Waals surface area contributed by atoms with E-state index in [0.29, 0.717) is 0 Å². The first-order valence-corrected chi connectivity index (χ1v) is 13.7. The molecule has 0 N–H and O–H groups in total. The minimum Gasteiger partial charge on any atom is -0.497 e. The largest absolute Gasteiger partial charge is 0.497 e. The van der Waals surface area contributed by atoms with Crippen LogP contribution in [0.1, 0.15) is 35.4 Å². The summed E-state index contributed by atoms with van der Waals surface area (Å²) >= 11 is 5.25. The number of aryl methyl sites for hydroxylation is 1. The molecule has 4 nitrogen and oxygen atoms in total. The van der Waals surface area contributed by atoms with Crippen molar-refractivity contribution in [2.45, 2.75) is 48.6 Å². The van der Waals surface area contributed by atoms with Crippen molar-refractivity contribution in [1.29, 1.82) is 0 Å². The van der Waals surface area contributed by atoms with Crippen molar-refractivity contribution in [1.82, 2.24) is 9.55 Å². The van der Waals surface area contributed by atoms with Gasteiger partial charge in [0, 0.05) is 21.1 Å². The van der Waals surface area contributed by atoms with Gasteiger partial charge < -0.3 is 4.74 Å². The van der Waals surface area contributed by atoms with E-state index in [9.17, 15) is 4.79 Å². The number of ether oxygens (including phenoxy) is 1. The first kappa shape index (κ1) is 22.6. The smallest absolute Gasteiger partial charge is 0.267 e. The highest BCUT2D eigenvalue weighted by Gasteiger charge is 2.31. The molecule has 4 aromatic rings. The molecule has 0 saturated heterocycles. The molecular formula is C26H26N2O2S3. The van der Waals surface area contributed by atoms with Crippen molar-refractivity contribution in [3.63, 3.8) is 0 Å². The maximum atomic E-state index is 14.0. The molecule has 0 unspecified atom stereocenters. The van der Waals surface area contributed by atoms with Gasteiger partial charge >= 0.3 is 0 Å². The number of benzene rings is 2. The lowest BCUT2D eigenvalue weighted by molar-refractivity contribution is 0.414. The van der Waals surface area contributed by atoms with Gasteiger partial charge in [0.25, 0.3) is 5.56 Å². The lowest BCUT2D eigenvalue weighted by Gasteiger charge is -2.28. The van der Waals surface area contributed by atoms with Gasteiger partial charge in [-0.1, -0.05) is 49.9 Å². The van der Waals surface area contributed by atoms with Crippen LogP contribution >= 0.6 is 34.9 Å². The quantitative estimate of drug-likeness (QED) is 0.230. The van der Waals surface area contributed by atoms with Crippen LogP contribution in [0.15, 0.2) is 58.5 Å². The summed E-state index contributed by atoms with van der Waals surface area (Å²) in [6.07, 6.45) is 0.899.